The van der Waals surface area contributed by atoms with Gasteiger partial charge in [0, 0.05) is 0 Å². The highest BCUT2D eigenvalue weighted by Gasteiger charge is 2.03. The molecule has 0 aliphatic heterocycles. The minimum Gasteiger partial charge on any atom is -0.391 e. The minimum absolute atomic E-state index is 0.335. The van der Waals surface area contributed by atoms with E-state index >= 15 is 0 Å². The lowest BCUT2D eigenvalue weighted by molar-refractivity contribution is 0.130. The number of aliphatic imine (C=N–C) groups is 1. The molecule has 22 heavy (non-hydrogen) atoms. The van der Waals surface area contributed by atoms with Crippen molar-refractivity contribution in [3.63, 3.8) is 0 Å². The number of aryl methyl sites for hydroxylation is 1. The van der Waals surface area contributed by atoms with E-state index in [2.05, 4.69) is 10.1 Å². The van der Waals surface area contributed by atoms with Crippen LogP contribution in [0.25, 0.3) is 0 Å². The van der Waals surface area contributed by atoms with Crippen LogP contribution in [0.1, 0.15) is 29.2 Å². The van der Waals surface area contributed by atoms with E-state index < -0.39 is 0 Å². The standard InChI is InChI=1S/C18H18N2O2/c1-14-8-9-17(10-18(14)11-19-13-21)15(2)20-22-12-16-6-4-3-5-7-16/h3-10H,11-12H2,1-2H3/b20-15+. The van der Waals surface area contributed by atoms with Gasteiger partial charge in [0.05, 0.1) is 12.3 Å². The number of isocyanates is 1. The summed E-state index contributed by atoms with van der Waals surface area (Å²) in [6.07, 6.45) is 1.56. The fourth-order valence-electron chi connectivity index (χ4n) is 2.01. The molecule has 0 saturated heterocycles. The zero-order chi connectivity index (χ0) is 15.8. The SMILES string of the molecule is C/C(=N\OCc1ccccc1)c1ccc(C)c(CN=C=O)c1. The Labute approximate surface area is 130 Å². The molecule has 0 aliphatic carbocycles. The number of carbonyl (C=O) groups excluding carboxylic acids is 1. The van der Waals surface area contributed by atoms with Gasteiger partial charge in [-0.15, -0.1) is 0 Å². The van der Waals surface area contributed by atoms with E-state index in [1.807, 2.05) is 62.4 Å². The Bertz CT molecular complexity index is 702. The third-order valence-corrected chi connectivity index (χ3v) is 3.36. The average Bonchev–Trinajstić information content (AvgIpc) is 2.55. The van der Waals surface area contributed by atoms with Crippen LogP contribution >= 0.6 is 0 Å². The van der Waals surface area contributed by atoms with Crippen molar-refractivity contribution in [1.82, 2.24) is 0 Å². The Kier molecular flexibility index (Phi) is 5.64. The van der Waals surface area contributed by atoms with E-state index in [0.717, 1.165) is 28.0 Å². The molecule has 4 heteroatoms. The first-order chi connectivity index (χ1) is 10.7. The topological polar surface area (TPSA) is 51.0 Å². The number of oxime groups is 1. The van der Waals surface area contributed by atoms with Crippen molar-refractivity contribution in [3.8, 4) is 0 Å². The first-order valence-corrected chi connectivity index (χ1v) is 7.04. The molecule has 2 aromatic rings. The third-order valence-electron chi connectivity index (χ3n) is 3.36. The molecular weight excluding hydrogens is 276 g/mol. The van der Waals surface area contributed by atoms with Crippen LogP contribution in [0.4, 0.5) is 0 Å². The van der Waals surface area contributed by atoms with Gasteiger partial charge in [-0.25, -0.2) is 9.79 Å². The van der Waals surface area contributed by atoms with Gasteiger partial charge >= 0.3 is 0 Å². The lowest BCUT2D eigenvalue weighted by atomic mass is 10.0. The van der Waals surface area contributed by atoms with Gasteiger partial charge in [-0.1, -0.05) is 47.6 Å². The highest BCUT2D eigenvalue weighted by atomic mass is 16.6. The number of rotatable bonds is 6. The lowest BCUT2D eigenvalue weighted by Gasteiger charge is -2.07. The summed E-state index contributed by atoms with van der Waals surface area (Å²) in [6, 6.07) is 15.8. The van der Waals surface area contributed by atoms with Gasteiger partial charge in [-0.05, 0) is 42.2 Å². The molecule has 0 bridgehead atoms. The Hall–Kier alpha value is -2.71. The maximum atomic E-state index is 10.2. The van der Waals surface area contributed by atoms with Gasteiger partial charge in [0.1, 0.15) is 6.61 Å². The molecule has 2 rings (SSSR count). The number of hydrogen-bond acceptors (Lipinski definition) is 4. The summed E-state index contributed by atoms with van der Waals surface area (Å²) < 4.78 is 0. The molecule has 2 aromatic carbocycles. The summed E-state index contributed by atoms with van der Waals surface area (Å²) in [6.45, 7) is 4.65. The molecule has 0 atom stereocenters. The van der Waals surface area contributed by atoms with Gasteiger partial charge in [0.25, 0.3) is 0 Å². The normalized spacial score (nSPS) is 10.9. The number of benzene rings is 2. The Morgan fingerprint density at radius 1 is 1.18 bits per heavy atom. The maximum absolute atomic E-state index is 10.2. The van der Waals surface area contributed by atoms with Crippen LogP contribution in [-0.4, -0.2) is 11.8 Å². The second-order valence-corrected chi connectivity index (χ2v) is 4.98. The molecule has 0 fully saturated rings. The molecule has 0 saturated carbocycles. The zero-order valence-corrected chi connectivity index (χ0v) is 12.7. The predicted molar refractivity (Wildman–Crippen MR) is 86.4 cm³/mol. The summed E-state index contributed by atoms with van der Waals surface area (Å²) in [4.78, 5) is 19.3. The monoisotopic (exact) mass is 294 g/mol. The first kappa shape index (κ1) is 15.7. The average molecular weight is 294 g/mol. The fourth-order valence-corrected chi connectivity index (χ4v) is 2.01. The van der Waals surface area contributed by atoms with Gasteiger partial charge < -0.3 is 4.84 Å². The van der Waals surface area contributed by atoms with Crippen LogP contribution in [0, 0.1) is 6.92 Å². The largest absolute Gasteiger partial charge is 0.391 e. The quantitative estimate of drug-likeness (QED) is 0.462. The number of hydrogen-bond donors (Lipinski definition) is 0. The zero-order valence-electron chi connectivity index (χ0n) is 12.7. The maximum Gasteiger partial charge on any atom is 0.235 e. The van der Waals surface area contributed by atoms with Crippen molar-refractivity contribution in [1.29, 1.82) is 0 Å². The van der Waals surface area contributed by atoms with Crippen molar-refractivity contribution in [2.24, 2.45) is 10.1 Å². The smallest absolute Gasteiger partial charge is 0.235 e. The predicted octanol–water partition coefficient (Wildman–Crippen LogP) is 3.77. The third kappa shape index (κ3) is 4.40. The summed E-state index contributed by atoms with van der Waals surface area (Å²) in [7, 11) is 0. The van der Waals surface area contributed by atoms with Crippen LogP contribution in [0.2, 0.25) is 0 Å². The molecule has 4 nitrogen and oxygen atoms in total. The molecule has 0 N–H and O–H groups in total. The van der Waals surface area contributed by atoms with E-state index in [4.69, 9.17) is 4.84 Å². The van der Waals surface area contributed by atoms with Gasteiger partial charge in [-0.2, -0.15) is 0 Å². The summed E-state index contributed by atoms with van der Waals surface area (Å²) in [5, 5.41) is 4.15. The van der Waals surface area contributed by atoms with Crippen molar-refractivity contribution in [3.05, 3.63) is 70.8 Å². The summed E-state index contributed by atoms with van der Waals surface area (Å²) in [5.74, 6) is 0. The molecule has 0 radical (unpaired) electrons. The second-order valence-electron chi connectivity index (χ2n) is 4.98. The van der Waals surface area contributed by atoms with Gasteiger partial charge in [0.2, 0.25) is 6.08 Å². The van der Waals surface area contributed by atoms with Crippen LogP contribution < -0.4 is 0 Å². The lowest BCUT2D eigenvalue weighted by Crippen LogP contribution is -1.99. The minimum atomic E-state index is 0.335. The fraction of sp³-hybridized carbons (Fsp3) is 0.222. The highest BCUT2D eigenvalue weighted by molar-refractivity contribution is 5.98. The highest BCUT2D eigenvalue weighted by Crippen LogP contribution is 2.13. The van der Waals surface area contributed by atoms with Crippen molar-refractivity contribution in [2.45, 2.75) is 27.0 Å². The first-order valence-electron chi connectivity index (χ1n) is 7.04. The van der Waals surface area contributed by atoms with Crippen molar-refractivity contribution >= 4 is 11.8 Å². The molecule has 0 amide bonds. The van der Waals surface area contributed by atoms with E-state index in [9.17, 15) is 4.79 Å². The van der Waals surface area contributed by atoms with Crippen LogP contribution in [0.3, 0.4) is 0 Å². The Balaban J connectivity index is 2.06. The number of nitrogens with zero attached hydrogens (tertiary/aromatic N) is 2. The Morgan fingerprint density at radius 3 is 2.68 bits per heavy atom. The molecule has 0 spiro atoms. The van der Waals surface area contributed by atoms with E-state index in [1.54, 1.807) is 6.08 Å². The van der Waals surface area contributed by atoms with Crippen LogP contribution in [0.15, 0.2) is 58.7 Å². The van der Waals surface area contributed by atoms with Crippen molar-refractivity contribution in [2.75, 3.05) is 0 Å². The molecule has 0 unspecified atom stereocenters. The van der Waals surface area contributed by atoms with Crippen LogP contribution in [0.5, 0.6) is 0 Å². The van der Waals surface area contributed by atoms with Crippen molar-refractivity contribution < 1.29 is 9.63 Å². The molecule has 0 aliphatic rings. The Morgan fingerprint density at radius 2 is 1.95 bits per heavy atom. The van der Waals surface area contributed by atoms with Gasteiger partial charge in [-0.3, -0.25) is 0 Å². The van der Waals surface area contributed by atoms with Crippen LogP contribution in [-0.2, 0) is 22.8 Å². The molecular formula is C18H18N2O2. The molecule has 112 valence electrons. The second kappa shape index (κ2) is 7.91. The summed E-state index contributed by atoms with van der Waals surface area (Å²) >= 11 is 0. The molecule has 0 heterocycles. The summed E-state index contributed by atoms with van der Waals surface area (Å²) in [5.41, 5.74) is 4.88. The van der Waals surface area contributed by atoms with E-state index in [0.29, 0.717) is 13.2 Å². The molecule has 0 aromatic heterocycles. The van der Waals surface area contributed by atoms with E-state index in [1.165, 1.54) is 0 Å². The van der Waals surface area contributed by atoms with Gasteiger partial charge in [0.15, 0.2) is 0 Å². The van der Waals surface area contributed by atoms with E-state index in [-0.39, 0.29) is 0 Å².